The quantitative estimate of drug-likeness (QED) is 0.350. The van der Waals surface area contributed by atoms with Gasteiger partial charge < -0.3 is 10.2 Å². The molecule has 1 atom stereocenters. The standard InChI is InChI=1S/C21H28F3N3O3S/c1-2-3-4-5-6-7-19(25-17-28)16-31(29,30)27-14-12-26(13-15-27)20-10-8-18(9-11-20)21(22,23)24/h8-11,17,19H,2-5,12-16H2,1H3,(H,25,28). The number of piperazine rings is 1. The molecule has 1 aliphatic heterocycles. The van der Waals surface area contributed by atoms with Gasteiger partial charge in [-0.1, -0.05) is 25.7 Å². The SMILES string of the molecule is CCCCCC#CC(CS(=O)(=O)N1CCN(c2ccc(C(F)(F)F)cc2)CC1)NC=O. The van der Waals surface area contributed by atoms with Crippen LogP contribution in [0.2, 0.25) is 0 Å². The van der Waals surface area contributed by atoms with Gasteiger partial charge in [-0.05, 0) is 30.7 Å². The first-order valence-corrected chi connectivity index (χ1v) is 11.9. The number of rotatable bonds is 9. The maximum absolute atomic E-state index is 12.8. The normalized spacial score (nSPS) is 16.3. The Bertz CT molecular complexity index is 869. The molecule has 0 bridgehead atoms. The maximum Gasteiger partial charge on any atom is 0.416 e. The minimum Gasteiger partial charge on any atom is -0.369 e. The average Bonchev–Trinajstić information content (AvgIpc) is 2.73. The lowest BCUT2D eigenvalue weighted by Gasteiger charge is -2.35. The van der Waals surface area contributed by atoms with Gasteiger partial charge in [-0.15, -0.1) is 5.92 Å². The van der Waals surface area contributed by atoms with Gasteiger partial charge in [-0.2, -0.15) is 17.5 Å². The van der Waals surface area contributed by atoms with E-state index in [1.54, 1.807) is 0 Å². The van der Waals surface area contributed by atoms with E-state index >= 15 is 0 Å². The van der Waals surface area contributed by atoms with Crippen molar-refractivity contribution in [2.45, 2.75) is 44.8 Å². The topological polar surface area (TPSA) is 69.7 Å². The molecule has 10 heteroatoms. The third-order valence-corrected chi connectivity index (χ3v) is 6.93. The number of carbonyl (C=O) groups is 1. The number of nitrogens with one attached hydrogen (secondary N) is 1. The second-order valence-electron chi connectivity index (χ2n) is 7.32. The number of hydrogen-bond donors (Lipinski definition) is 1. The molecule has 1 fully saturated rings. The number of amides is 1. The Morgan fingerprint density at radius 3 is 2.32 bits per heavy atom. The van der Waals surface area contributed by atoms with Crippen molar-refractivity contribution >= 4 is 22.1 Å². The number of sulfonamides is 1. The molecule has 1 heterocycles. The van der Waals surface area contributed by atoms with Gasteiger partial charge in [0.15, 0.2) is 0 Å². The summed E-state index contributed by atoms with van der Waals surface area (Å²) >= 11 is 0. The van der Waals surface area contributed by atoms with Crippen LogP contribution in [0, 0.1) is 11.8 Å². The van der Waals surface area contributed by atoms with E-state index in [1.165, 1.54) is 16.4 Å². The molecular weight excluding hydrogens is 431 g/mol. The smallest absolute Gasteiger partial charge is 0.369 e. The number of hydrogen-bond acceptors (Lipinski definition) is 4. The van der Waals surface area contributed by atoms with Crippen molar-refractivity contribution in [3.05, 3.63) is 29.8 Å². The molecule has 6 nitrogen and oxygen atoms in total. The van der Waals surface area contributed by atoms with Crippen molar-refractivity contribution in [3.8, 4) is 11.8 Å². The van der Waals surface area contributed by atoms with Crippen LogP contribution >= 0.6 is 0 Å². The molecule has 2 rings (SSSR count). The number of nitrogens with zero attached hydrogens (tertiary/aromatic N) is 2. The van der Waals surface area contributed by atoms with Crippen LogP contribution in [0.1, 0.15) is 38.2 Å². The number of alkyl halides is 3. The van der Waals surface area contributed by atoms with Crippen LogP contribution in [-0.2, 0) is 21.0 Å². The fourth-order valence-corrected chi connectivity index (χ4v) is 4.81. The summed E-state index contributed by atoms with van der Waals surface area (Å²) < 4.78 is 65.0. The molecule has 1 saturated heterocycles. The largest absolute Gasteiger partial charge is 0.416 e. The molecule has 1 aliphatic rings. The number of halogens is 3. The summed E-state index contributed by atoms with van der Waals surface area (Å²) in [6.07, 6.45) is -0.265. The Labute approximate surface area is 181 Å². The van der Waals surface area contributed by atoms with Gasteiger partial charge in [0.05, 0.1) is 11.3 Å². The highest BCUT2D eigenvalue weighted by atomic mass is 32.2. The van der Waals surface area contributed by atoms with Crippen LogP contribution in [0.15, 0.2) is 24.3 Å². The summed E-state index contributed by atoms with van der Waals surface area (Å²) in [5, 5.41) is 2.46. The van der Waals surface area contributed by atoms with Gasteiger partial charge in [0.25, 0.3) is 0 Å². The molecule has 31 heavy (non-hydrogen) atoms. The molecule has 0 saturated carbocycles. The number of carbonyl (C=O) groups excluding carboxylic acids is 1. The van der Waals surface area contributed by atoms with E-state index in [0.29, 0.717) is 31.6 Å². The fourth-order valence-electron chi connectivity index (χ4n) is 3.27. The van der Waals surface area contributed by atoms with Crippen molar-refractivity contribution < 1.29 is 26.4 Å². The fraction of sp³-hybridized carbons (Fsp3) is 0.571. The van der Waals surface area contributed by atoms with Crippen LogP contribution < -0.4 is 10.2 Å². The minimum absolute atomic E-state index is 0.209. The summed E-state index contributed by atoms with van der Waals surface area (Å²) in [6.45, 7) is 3.22. The Hall–Kier alpha value is -2.25. The second kappa shape index (κ2) is 11.4. The lowest BCUT2D eigenvalue weighted by molar-refractivity contribution is -0.137. The molecule has 0 radical (unpaired) electrons. The van der Waals surface area contributed by atoms with Crippen molar-refractivity contribution in [1.29, 1.82) is 0 Å². The van der Waals surface area contributed by atoms with Crippen LogP contribution in [0.4, 0.5) is 18.9 Å². The van der Waals surface area contributed by atoms with E-state index in [2.05, 4.69) is 24.1 Å². The van der Waals surface area contributed by atoms with E-state index in [4.69, 9.17) is 0 Å². The molecule has 0 aromatic heterocycles. The van der Waals surface area contributed by atoms with Gasteiger partial charge in [-0.25, -0.2) is 8.42 Å². The second-order valence-corrected chi connectivity index (χ2v) is 9.34. The summed E-state index contributed by atoms with van der Waals surface area (Å²) in [7, 11) is -3.65. The van der Waals surface area contributed by atoms with Crippen molar-refractivity contribution in [1.82, 2.24) is 9.62 Å². The van der Waals surface area contributed by atoms with E-state index in [1.807, 2.05) is 4.90 Å². The van der Waals surface area contributed by atoms with Gasteiger partial charge >= 0.3 is 6.18 Å². The van der Waals surface area contributed by atoms with Crippen LogP contribution in [0.25, 0.3) is 0 Å². The lowest BCUT2D eigenvalue weighted by Crippen LogP contribution is -2.51. The Kier molecular flexibility index (Phi) is 9.19. The maximum atomic E-state index is 12.8. The zero-order chi connectivity index (χ0) is 22.9. The summed E-state index contributed by atoms with van der Waals surface area (Å²) in [5.74, 6) is 5.45. The highest BCUT2D eigenvalue weighted by molar-refractivity contribution is 7.89. The monoisotopic (exact) mass is 459 g/mol. The third-order valence-electron chi connectivity index (χ3n) is 5.02. The van der Waals surface area contributed by atoms with Gasteiger partial charge in [0.1, 0.15) is 6.04 Å². The van der Waals surface area contributed by atoms with Crippen LogP contribution in [0.3, 0.4) is 0 Å². The van der Waals surface area contributed by atoms with Crippen LogP contribution in [0.5, 0.6) is 0 Å². The zero-order valence-corrected chi connectivity index (χ0v) is 18.3. The highest BCUT2D eigenvalue weighted by Crippen LogP contribution is 2.30. The Morgan fingerprint density at radius 1 is 1.13 bits per heavy atom. The molecule has 1 N–H and O–H groups in total. The van der Waals surface area contributed by atoms with E-state index in [0.717, 1.165) is 31.4 Å². The van der Waals surface area contributed by atoms with Crippen LogP contribution in [-0.4, -0.2) is 57.1 Å². The van der Waals surface area contributed by atoms with Crippen molar-refractivity contribution in [2.75, 3.05) is 36.8 Å². The average molecular weight is 460 g/mol. The molecule has 0 spiro atoms. The summed E-state index contributed by atoms with van der Waals surface area (Å²) in [6, 6.07) is 4.05. The van der Waals surface area contributed by atoms with Crippen molar-refractivity contribution in [3.63, 3.8) is 0 Å². The van der Waals surface area contributed by atoms with E-state index in [9.17, 15) is 26.4 Å². The number of benzene rings is 1. The molecule has 1 unspecified atom stereocenters. The number of anilines is 1. The zero-order valence-electron chi connectivity index (χ0n) is 17.5. The third kappa shape index (κ3) is 7.74. The first kappa shape index (κ1) is 25.0. The van der Waals surface area contributed by atoms with Gasteiger partial charge in [-0.3, -0.25) is 4.79 Å². The Morgan fingerprint density at radius 2 is 1.77 bits per heavy atom. The van der Waals surface area contributed by atoms with Gasteiger partial charge in [0, 0.05) is 38.3 Å². The molecule has 1 aromatic rings. The lowest BCUT2D eigenvalue weighted by atomic mass is 10.2. The van der Waals surface area contributed by atoms with Crippen molar-refractivity contribution in [2.24, 2.45) is 0 Å². The molecule has 1 amide bonds. The predicted molar refractivity (Wildman–Crippen MR) is 114 cm³/mol. The minimum atomic E-state index is -4.39. The number of unbranched alkanes of at least 4 members (excludes halogenated alkanes) is 3. The molecule has 0 aliphatic carbocycles. The summed E-state index contributed by atoms with van der Waals surface area (Å²) in [5.41, 5.74) is -0.106. The molecule has 1 aromatic carbocycles. The Balaban J connectivity index is 1.94. The van der Waals surface area contributed by atoms with E-state index < -0.39 is 27.8 Å². The van der Waals surface area contributed by atoms with Gasteiger partial charge in [0.2, 0.25) is 16.4 Å². The molecule has 172 valence electrons. The summed E-state index contributed by atoms with van der Waals surface area (Å²) in [4.78, 5) is 12.7. The first-order valence-electron chi connectivity index (χ1n) is 10.3. The first-order chi connectivity index (χ1) is 14.7. The van der Waals surface area contributed by atoms with E-state index in [-0.39, 0.29) is 18.8 Å². The highest BCUT2D eigenvalue weighted by Gasteiger charge is 2.31. The predicted octanol–water partition coefficient (Wildman–Crippen LogP) is 2.86. The molecular formula is C21H28F3N3O3S.